The van der Waals surface area contributed by atoms with Crippen LogP contribution in [-0.2, 0) is 9.59 Å². The van der Waals surface area contributed by atoms with Gasteiger partial charge in [0.15, 0.2) is 7.28 Å². The van der Waals surface area contributed by atoms with Crippen LogP contribution in [0.4, 0.5) is 8.78 Å². The highest BCUT2D eigenvalue weighted by Gasteiger charge is 2.61. The summed E-state index contributed by atoms with van der Waals surface area (Å²) in [5.41, 5.74) is -0.01000. The second kappa shape index (κ2) is 5.43. The Bertz CT molecular complexity index is 535. The number of ketones is 2. The molecule has 0 aromatic carbocycles. The third kappa shape index (κ3) is 2.70. The van der Waals surface area contributed by atoms with Gasteiger partial charge < -0.3 is 0 Å². The van der Waals surface area contributed by atoms with Gasteiger partial charge in [0.2, 0.25) is 11.6 Å². The van der Waals surface area contributed by atoms with Crippen LogP contribution >= 0.6 is 0 Å². The van der Waals surface area contributed by atoms with E-state index in [9.17, 15) is 18.4 Å². The maximum absolute atomic E-state index is 13.8. The van der Waals surface area contributed by atoms with Crippen LogP contribution in [0.2, 0.25) is 0 Å². The van der Waals surface area contributed by atoms with E-state index in [0.29, 0.717) is 10.9 Å². The molecule has 2 nitrogen and oxygen atoms in total. The number of hydrogen-bond donors (Lipinski definition) is 0. The summed E-state index contributed by atoms with van der Waals surface area (Å²) in [4.78, 5) is 23.9. The first-order chi connectivity index (χ1) is 9.79. The third-order valence-corrected chi connectivity index (χ3v) is 3.72. The average Bonchev–Trinajstić information content (AvgIpc) is 2.84. The number of carbonyl (C=O) groups is 2. The van der Waals surface area contributed by atoms with Crippen LogP contribution in [0.3, 0.4) is 0 Å². The molecule has 1 saturated carbocycles. The molecule has 2 rings (SSSR count). The lowest BCUT2D eigenvalue weighted by Gasteiger charge is -2.26. The number of fused-ring (bicyclic) bond motifs is 1. The van der Waals surface area contributed by atoms with Crippen molar-refractivity contribution in [2.45, 2.75) is 61.3 Å². The van der Waals surface area contributed by atoms with Gasteiger partial charge in [-0.2, -0.15) is 8.78 Å². The van der Waals surface area contributed by atoms with Gasteiger partial charge in [0, 0.05) is 11.1 Å². The molecule has 22 heavy (non-hydrogen) atoms. The molecular formula is C17H24BF2O2. The van der Waals surface area contributed by atoms with Crippen LogP contribution in [0, 0.1) is 10.8 Å². The molecule has 0 unspecified atom stereocenters. The minimum absolute atomic E-state index is 0.0718. The van der Waals surface area contributed by atoms with E-state index in [1.54, 1.807) is 7.28 Å². The summed E-state index contributed by atoms with van der Waals surface area (Å²) < 4.78 is 27.6. The van der Waals surface area contributed by atoms with E-state index in [0.717, 1.165) is 0 Å². The highest BCUT2D eigenvalue weighted by atomic mass is 19.3. The van der Waals surface area contributed by atoms with Crippen molar-refractivity contribution < 1.29 is 18.4 Å². The topological polar surface area (TPSA) is 34.1 Å². The predicted molar refractivity (Wildman–Crippen MR) is 85.0 cm³/mol. The fraction of sp³-hybridized carbons (Fsp3) is 0.647. The zero-order valence-corrected chi connectivity index (χ0v) is 14.6. The molecule has 5 heteroatoms. The number of allylic oxidation sites excluding steroid dienone is 4. The Kier molecular flexibility index (Phi) is 4.64. The van der Waals surface area contributed by atoms with Crippen LogP contribution in [0.25, 0.3) is 0 Å². The summed E-state index contributed by atoms with van der Waals surface area (Å²) in [6, 6.07) is 0. The summed E-state index contributed by atoms with van der Waals surface area (Å²) in [5.74, 6) is -6.61. The molecular weight excluding hydrogens is 285 g/mol. The Balaban J connectivity index is 0.00000116. The van der Waals surface area contributed by atoms with E-state index in [4.69, 9.17) is 0 Å². The van der Waals surface area contributed by atoms with Crippen molar-refractivity contribution in [3.63, 3.8) is 0 Å². The van der Waals surface area contributed by atoms with E-state index in [1.165, 1.54) is 0 Å². The molecule has 0 spiro atoms. The Morgan fingerprint density at radius 3 is 1.27 bits per heavy atom. The van der Waals surface area contributed by atoms with Gasteiger partial charge in [-0.1, -0.05) is 66.3 Å². The van der Waals surface area contributed by atoms with Crippen molar-refractivity contribution in [1.29, 1.82) is 0 Å². The van der Waals surface area contributed by atoms with Crippen molar-refractivity contribution in [3.05, 3.63) is 22.1 Å². The van der Waals surface area contributed by atoms with Crippen LogP contribution in [0.1, 0.15) is 55.4 Å². The molecule has 121 valence electrons. The van der Waals surface area contributed by atoms with E-state index >= 15 is 0 Å². The Hall–Kier alpha value is -1.26. The van der Waals surface area contributed by atoms with Crippen LogP contribution in [0.5, 0.6) is 0 Å². The number of carbonyl (C=O) groups excluding carboxylic acids is 2. The number of alkyl halides is 2. The molecule has 0 amide bonds. The Morgan fingerprint density at radius 1 is 0.773 bits per heavy atom. The smallest absolute Gasteiger partial charge is 0.287 e. The van der Waals surface area contributed by atoms with Gasteiger partial charge in [-0.15, -0.1) is 0 Å². The van der Waals surface area contributed by atoms with Crippen molar-refractivity contribution in [3.8, 4) is 0 Å². The van der Waals surface area contributed by atoms with Crippen LogP contribution in [-0.4, -0.2) is 24.8 Å². The quantitative estimate of drug-likeness (QED) is 0.498. The van der Waals surface area contributed by atoms with Gasteiger partial charge >= 0.3 is 5.92 Å². The number of rotatable bonds is 0. The fourth-order valence-electron chi connectivity index (χ4n) is 2.63. The van der Waals surface area contributed by atoms with E-state index in [2.05, 4.69) is 0 Å². The summed E-state index contributed by atoms with van der Waals surface area (Å²) >= 11 is 0. The molecule has 1 fully saturated rings. The first-order valence-corrected chi connectivity index (χ1v) is 7.61. The molecule has 1 aliphatic heterocycles. The average molecular weight is 309 g/mol. The molecule has 1 radical (unpaired) electrons. The molecule has 2 aliphatic rings. The monoisotopic (exact) mass is 309 g/mol. The maximum Gasteiger partial charge on any atom is 0.371 e. The van der Waals surface area contributed by atoms with Gasteiger partial charge in [0.1, 0.15) is 0 Å². The zero-order chi connectivity index (χ0) is 17.7. The Morgan fingerprint density at radius 2 is 1.05 bits per heavy atom. The summed E-state index contributed by atoms with van der Waals surface area (Å²) in [6.07, 6.45) is 0. The second-order valence-corrected chi connectivity index (χ2v) is 7.45. The minimum atomic E-state index is -3.91. The summed E-state index contributed by atoms with van der Waals surface area (Å²) in [7, 11) is 1.75. The number of halogens is 2. The lowest BCUT2D eigenvalue weighted by molar-refractivity contribution is -0.148. The zero-order valence-electron chi connectivity index (χ0n) is 14.6. The van der Waals surface area contributed by atoms with Gasteiger partial charge in [0.05, 0.1) is 0 Å². The van der Waals surface area contributed by atoms with Crippen molar-refractivity contribution >= 4 is 18.8 Å². The van der Waals surface area contributed by atoms with Gasteiger partial charge in [-0.3, -0.25) is 9.59 Å². The standard InChI is InChI=1S/C15H18BF2O2.C2H6/c1-13(2,3)9-7-8(10(16-9)14(4,5)6)12(20)15(17,18)11(7)19;1-2/h1-6H3;1-2H3. The van der Waals surface area contributed by atoms with E-state index < -0.39 is 28.3 Å². The predicted octanol–water partition coefficient (Wildman–Crippen LogP) is 4.12. The van der Waals surface area contributed by atoms with Gasteiger partial charge in [-0.05, 0) is 10.8 Å². The molecule has 0 atom stereocenters. The Labute approximate surface area is 132 Å². The van der Waals surface area contributed by atoms with Crippen molar-refractivity contribution in [2.75, 3.05) is 0 Å². The maximum atomic E-state index is 13.8. The highest BCUT2D eigenvalue weighted by molar-refractivity contribution is 6.62. The molecule has 0 bridgehead atoms. The summed E-state index contributed by atoms with van der Waals surface area (Å²) in [6.45, 7) is 15.1. The van der Waals surface area contributed by atoms with Crippen LogP contribution in [0.15, 0.2) is 22.1 Å². The fourth-order valence-corrected chi connectivity index (χ4v) is 2.63. The van der Waals surface area contributed by atoms with E-state index in [1.807, 2.05) is 55.4 Å². The first kappa shape index (κ1) is 18.8. The molecule has 0 saturated heterocycles. The largest absolute Gasteiger partial charge is 0.371 e. The van der Waals surface area contributed by atoms with Crippen molar-refractivity contribution in [2.24, 2.45) is 10.8 Å². The van der Waals surface area contributed by atoms with Crippen LogP contribution < -0.4 is 0 Å². The SMILES string of the molecule is CC.CC(C)(C)C1=C2C(=O)C(F)(F)C(=O)C2=C(C(C)(C)C)[B]1. The summed E-state index contributed by atoms with van der Waals surface area (Å²) in [5, 5.41) is 0. The normalized spacial score (nSPS) is 20.8. The molecule has 1 aliphatic carbocycles. The minimum Gasteiger partial charge on any atom is -0.287 e. The van der Waals surface area contributed by atoms with E-state index in [-0.39, 0.29) is 11.1 Å². The van der Waals surface area contributed by atoms with Crippen molar-refractivity contribution in [1.82, 2.24) is 0 Å². The molecule has 0 aromatic heterocycles. The molecule has 1 heterocycles. The lowest BCUT2D eigenvalue weighted by atomic mass is 9.52. The first-order valence-electron chi connectivity index (χ1n) is 7.61. The number of Topliss-reactive ketones (excluding diaryl/α,β-unsaturated/α-hetero) is 2. The number of hydrogen-bond acceptors (Lipinski definition) is 2. The highest BCUT2D eigenvalue weighted by Crippen LogP contribution is 2.50. The molecule has 0 aromatic rings. The van der Waals surface area contributed by atoms with Gasteiger partial charge in [-0.25, -0.2) is 0 Å². The molecule has 0 N–H and O–H groups in total. The second-order valence-electron chi connectivity index (χ2n) is 7.45. The van der Waals surface area contributed by atoms with Gasteiger partial charge in [0.25, 0.3) is 0 Å². The lowest BCUT2D eigenvalue weighted by Crippen LogP contribution is -2.33. The third-order valence-electron chi connectivity index (χ3n) is 3.72.